The van der Waals surface area contributed by atoms with E-state index in [4.69, 9.17) is 23.2 Å². The Morgan fingerprint density at radius 3 is 2.71 bits per heavy atom. The van der Waals surface area contributed by atoms with Crippen molar-refractivity contribution in [1.29, 1.82) is 0 Å². The van der Waals surface area contributed by atoms with E-state index >= 15 is 0 Å². The van der Waals surface area contributed by atoms with Crippen LogP contribution in [-0.2, 0) is 11.8 Å². The van der Waals surface area contributed by atoms with Crippen LogP contribution in [0.2, 0.25) is 10.0 Å². The van der Waals surface area contributed by atoms with E-state index in [1.54, 1.807) is 19.2 Å². The van der Waals surface area contributed by atoms with Crippen molar-refractivity contribution in [3.05, 3.63) is 45.7 Å². The van der Waals surface area contributed by atoms with Gasteiger partial charge in [0.2, 0.25) is 0 Å². The number of ether oxygens (including phenoxy) is 1. The molecule has 0 fully saturated rings. The fourth-order valence-electron chi connectivity index (χ4n) is 1.70. The highest BCUT2D eigenvalue weighted by Crippen LogP contribution is 2.26. The van der Waals surface area contributed by atoms with E-state index in [0.29, 0.717) is 0 Å². The van der Waals surface area contributed by atoms with E-state index in [1.165, 1.54) is 24.1 Å². The van der Waals surface area contributed by atoms with Crippen molar-refractivity contribution >= 4 is 40.8 Å². The van der Waals surface area contributed by atoms with Gasteiger partial charge in [0, 0.05) is 13.2 Å². The molecule has 0 saturated carbocycles. The molecule has 0 aliphatic heterocycles. The zero-order valence-corrected chi connectivity index (χ0v) is 12.7. The largest absolute Gasteiger partial charge is 0.464 e. The van der Waals surface area contributed by atoms with Crippen LogP contribution in [0.15, 0.2) is 24.4 Å². The molecule has 0 unspecified atom stereocenters. The van der Waals surface area contributed by atoms with E-state index in [-0.39, 0.29) is 27.0 Å². The number of carbonyl (C=O) groups is 2. The summed E-state index contributed by atoms with van der Waals surface area (Å²) in [6.45, 7) is 0. The summed E-state index contributed by atoms with van der Waals surface area (Å²) < 4.78 is 6.00. The van der Waals surface area contributed by atoms with Gasteiger partial charge in [0.1, 0.15) is 0 Å². The molecule has 2 rings (SSSR count). The Morgan fingerprint density at radius 2 is 2.05 bits per heavy atom. The van der Waals surface area contributed by atoms with Gasteiger partial charge in [-0.05, 0) is 12.1 Å². The number of hydrogen-bond acceptors (Lipinski definition) is 4. The maximum atomic E-state index is 12.2. The lowest BCUT2D eigenvalue weighted by Crippen LogP contribution is -2.15. The maximum absolute atomic E-state index is 12.2. The first-order chi connectivity index (χ1) is 9.93. The van der Waals surface area contributed by atoms with Gasteiger partial charge in [0.05, 0.1) is 28.4 Å². The number of rotatable bonds is 3. The van der Waals surface area contributed by atoms with Gasteiger partial charge < -0.3 is 10.1 Å². The summed E-state index contributed by atoms with van der Waals surface area (Å²) in [7, 11) is 2.85. The quantitative estimate of drug-likeness (QED) is 0.880. The molecule has 0 spiro atoms. The third kappa shape index (κ3) is 3.17. The molecule has 0 aliphatic carbocycles. The molecule has 1 aromatic carbocycles. The standard InChI is InChI=1S/C13H11Cl2N3O3/c1-18-6-9(11(17-18)13(20)21-2)16-12(19)7-4-3-5-8(14)10(7)15/h3-6H,1-2H3,(H,16,19). The number of aromatic nitrogens is 2. The third-order valence-electron chi connectivity index (χ3n) is 2.65. The molecule has 0 atom stereocenters. The SMILES string of the molecule is COC(=O)c1nn(C)cc1NC(=O)c1cccc(Cl)c1Cl. The molecular weight excluding hydrogens is 317 g/mol. The van der Waals surface area contributed by atoms with Gasteiger partial charge in [-0.25, -0.2) is 4.79 Å². The zero-order valence-electron chi connectivity index (χ0n) is 11.2. The van der Waals surface area contributed by atoms with Gasteiger partial charge in [-0.2, -0.15) is 5.10 Å². The molecule has 0 bridgehead atoms. The number of aryl methyl sites for hydroxylation is 1. The normalized spacial score (nSPS) is 10.3. The molecule has 0 aliphatic rings. The molecular formula is C13H11Cl2N3O3. The van der Waals surface area contributed by atoms with Crippen LogP contribution in [-0.4, -0.2) is 28.8 Å². The summed E-state index contributed by atoms with van der Waals surface area (Å²) in [5, 5.41) is 6.91. The molecule has 1 heterocycles. The van der Waals surface area contributed by atoms with Gasteiger partial charge in [-0.1, -0.05) is 29.3 Å². The number of nitrogens with one attached hydrogen (secondary N) is 1. The highest BCUT2D eigenvalue weighted by atomic mass is 35.5. The molecule has 0 radical (unpaired) electrons. The number of amides is 1. The second kappa shape index (κ2) is 6.15. The number of benzene rings is 1. The lowest BCUT2D eigenvalue weighted by Gasteiger charge is -2.07. The predicted molar refractivity (Wildman–Crippen MR) is 79.0 cm³/mol. The number of hydrogen-bond donors (Lipinski definition) is 1. The predicted octanol–water partition coefficient (Wildman–Crippen LogP) is 2.77. The summed E-state index contributed by atoms with van der Waals surface area (Å²) in [4.78, 5) is 23.8. The molecule has 2 aromatic rings. The van der Waals surface area contributed by atoms with Crippen LogP contribution in [0.3, 0.4) is 0 Å². The average Bonchev–Trinajstić information content (AvgIpc) is 2.81. The minimum absolute atomic E-state index is 0.00602. The van der Waals surface area contributed by atoms with Gasteiger partial charge in [0.15, 0.2) is 5.69 Å². The van der Waals surface area contributed by atoms with E-state index in [9.17, 15) is 9.59 Å². The number of carbonyl (C=O) groups excluding carboxylic acids is 2. The van der Waals surface area contributed by atoms with Crippen LogP contribution in [0.1, 0.15) is 20.8 Å². The first-order valence-electron chi connectivity index (χ1n) is 5.81. The minimum atomic E-state index is -0.650. The number of halogens is 2. The van der Waals surface area contributed by atoms with Crippen molar-refractivity contribution in [2.45, 2.75) is 0 Å². The van der Waals surface area contributed by atoms with Crippen LogP contribution in [0, 0.1) is 0 Å². The molecule has 0 saturated heterocycles. The highest BCUT2D eigenvalue weighted by Gasteiger charge is 2.20. The van der Waals surface area contributed by atoms with Gasteiger partial charge in [0.25, 0.3) is 5.91 Å². The summed E-state index contributed by atoms with van der Waals surface area (Å²) >= 11 is 11.9. The van der Waals surface area contributed by atoms with E-state index in [0.717, 1.165) is 0 Å². The molecule has 6 nitrogen and oxygen atoms in total. The fraction of sp³-hybridized carbons (Fsp3) is 0.154. The molecule has 8 heteroatoms. The van der Waals surface area contributed by atoms with E-state index in [2.05, 4.69) is 15.2 Å². The second-order valence-corrected chi connectivity index (χ2v) is 4.90. The van der Waals surface area contributed by atoms with Crippen LogP contribution in [0.4, 0.5) is 5.69 Å². The van der Waals surface area contributed by atoms with Crippen LogP contribution in [0.5, 0.6) is 0 Å². The molecule has 1 aromatic heterocycles. The van der Waals surface area contributed by atoms with Crippen LogP contribution >= 0.6 is 23.2 Å². The van der Waals surface area contributed by atoms with Crippen LogP contribution in [0.25, 0.3) is 0 Å². The molecule has 1 N–H and O–H groups in total. The lowest BCUT2D eigenvalue weighted by molar-refractivity contribution is 0.0594. The van der Waals surface area contributed by atoms with Crippen molar-refractivity contribution in [2.75, 3.05) is 12.4 Å². The highest BCUT2D eigenvalue weighted by molar-refractivity contribution is 6.44. The number of anilines is 1. The summed E-state index contributed by atoms with van der Waals surface area (Å²) in [6, 6.07) is 4.70. The smallest absolute Gasteiger partial charge is 0.360 e. The number of nitrogens with zero attached hydrogens (tertiary/aromatic N) is 2. The Labute approximate surface area is 130 Å². The zero-order chi connectivity index (χ0) is 15.6. The van der Waals surface area contributed by atoms with Gasteiger partial charge >= 0.3 is 5.97 Å². The van der Waals surface area contributed by atoms with Crippen LogP contribution < -0.4 is 5.32 Å². The first-order valence-corrected chi connectivity index (χ1v) is 6.57. The van der Waals surface area contributed by atoms with Gasteiger partial charge in [-0.3, -0.25) is 9.48 Å². The fourth-order valence-corrected chi connectivity index (χ4v) is 2.08. The Bertz CT molecular complexity index is 713. The summed E-state index contributed by atoms with van der Waals surface area (Å²) in [5.41, 5.74) is 0.431. The lowest BCUT2D eigenvalue weighted by atomic mass is 10.2. The van der Waals surface area contributed by atoms with Gasteiger partial charge in [-0.15, -0.1) is 0 Å². The minimum Gasteiger partial charge on any atom is -0.464 e. The number of esters is 1. The van der Waals surface area contributed by atoms with E-state index in [1.807, 2.05) is 0 Å². The molecule has 21 heavy (non-hydrogen) atoms. The monoisotopic (exact) mass is 327 g/mol. The first kappa shape index (κ1) is 15.3. The topological polar surface area (TPSA) is 73.2 Å². The summed E-state index contributed by atoms with van der Waals surface area (Å²) in [6.07, 6.45) is 1.49. The van der Waals surface area contributed by atoms with Crippen molar-refractivity contribution in [3.63, 3.8) is 0 Å². The Morgan fingerprint density at radius 1 is 1.33 bits per heavy atom. The van der Waals surface area contributed by atoms with Crippen molar-refractivity contribution in [2.24, 2.45) is 7.05 Å². The Kier molecular flexibility index (Phi) is 4.50. The Balaban J connectivity index is 2.32. The molecule has 1 amide bonds. The second-order valence-electron chi connectivity index (χ2n) is 4.11. The van der Waals surface area contributed by atoms with Crippen molar-refractivity contribution in [1.82, 2.24) is 9.78 Å². The third-order valence-corrected chi connectivity index (χ3v) is 3.47. The summed E-state index contributed by atoms with van der Waals surface area (Å²) in [5.74, 6) is -1.15. The Hall–Kier alpha value is -2.05. The molecule has 110 valence electrons. The maximum Gasteiger partial charge on any atom is 0.360 e. The van der Waals surface area contributed by atoms with Crippen molar-refractivity contribution < 1.29 is 14.3 Å². The van der Waals surface area contributed by atoms with E-state index < -0.39 is 11.9 Å². The van der Waals surface area contributed by atoms with Crippen molar-refractivity contribution in [3.8, 4) is 0 Å². The average molecular weight is 328 g/mol. The number of methoxy groups -OCH3 is 1.